The fourth-order valence-corrected chi connectivity index (χ4v) is 4.20. The first-order valence-electron chi connectivity index (χ1n) is 13.3. The van der Waals surface area contributed by atoms with Crippen molar-refractivity contribution < 1.29 is 0 Å². The summed E-state index contributed by atoms with van der Waals surface area (Å²) in [5.41, 5.74) is 2.86. The summed E-state index contributed by atoms with van der Waals surface area (Å²) >= 11 is 4.28. The van der Waals surface area contributed by atoms with Gasteiger partial charge in [-0.2, -0.15) is 12.6 Å². The van der Waals surface area contributed by atoms with E-state index in [9.17, 15) is 0 Å². The first-order chi connectivity index (χ1) is 15.5. The predicted molar refractivity (Wildman–Crippen MR) is 157 cm³/mol. The average molecular weight is 463 g/mol. The number of hydrogen-bond donors (Lipinski definition) is 1. The molecule has 2 atom stereocenters. The number of hydrogen-bond acceptors (Lipinski definition) is 1. The van der Waals surface area contributed by atoms with E-state index in [1.54, 1.807) is 11.6 Å². The van der Waals surface area contributed by atoms with Gasteiger partial charge in [0.15, 0.2) is 0 Å². The van der Waals surface area contributed by atoms with Crippen LogP contribution in [0.25, 0.3) is 0 Å². The van der Waals surface area contributed by atoms with Crippen LogP contribution in [0.3, 0.4) is 0 Å². The first-order valence-corrected chi connectivity index (χ1v) is 14.0. The molecule has 1 heteroatoms. The van der Waals surface area contributed by atoms with Crippen molar-refractivity contribution in [3.8, 4) is 0 Å². The van der Waals surface area contributed by atoms with Gasteiger partial charge in [-0.05, 0) is 69.0 Å². The Bertz CT molecular complexity index is 502. The summed E-state index contributed by atoms with van der Waals surface area (Å²) in [6.07, 6.45) is 22.7. The summed E-state index contributed by atoms with van der Waals surface area (Å²) in [7, 11) is 0. The molecule has 0 N–H and O–H groups in total. The lowest BCUT2D eigenvalue weighted by atomic mass is 9.95. The fourth-order valence-electron chi connectivity index (χ4n) is 3.66. The van der Waals surface area contributed by atoms with Gasteiger partial charge < -0.3 is 0 Å². The Kier molecular flexibility index (Phi) is 29.3. The highest BCUT2D eigenvalue weighted by Gasteiger charge is 2.51. The molecule has 2 saturated carbocycles. The standard InChI is InChI=1S/C9H14.C8H12.C7H12S.C3H8.2C2H6/c1-8(2)9-6-4-3-5-7-9;1-4-6-7-8(3)5-2;8-4-7-5-2-1-3-6(5)7;1-3-2;2*1-2/h3-4,6,8H,5,7H2,1-2H3;4-7H,1H2,2-3H3;5-8H,1-4H2;3H2,1-2H3;2*1-2H3/b;7-6-,8-5-;;;;. The van der Waals surface area contributed by atoms with E-state index in [0.717, 1.165) is 29.4 Å². The topological polar surface area (TPSA) is 0 Å². The van der Waals surface area contributed by atoms with Gasteiger partial charge >= 0.3 is 0 Å². The van der Waals surface area contributed by atoms with Gasteiger partial charge in [0.05, 0.1) is 0 Å². The SMILES string of the molecule is C=C/C=C\C(C)=C/C.CC.CC.CC(C)C1=CC=CCC1.CCC.SCC1C2CCCC12. The summed E-state index contributed by atoms with van der Waals surface area (Å²) in [5.74, 6) is 5.16. The van der Waals surface area contributed by atoms with Gasteiger partial charge in [0, 0.05) is 0 Å². The maximum Gasteiger partial charge on any atom is -0.00640 e. The van der Waals surface area contributed by atoms with Crippen LogP contribution < -0.4 is 0 Å². The molecule has 0 heterocycles. The lowest BCUT2D eigenvalue weighted by Crippen LogP contribution is -1.95. The maximum absolute atomic E-state index is 4.28. The Hall–Kier alpha value is -0.950. The maximum atomic E-state index is 4.28. The van der Waals surface area contributed by atoms with Crippen LogP contribution in [-0.2, 0) is 0 Å². The Morgan fingerprint density at radius 2 is 1.66 bits per heavy atom. The quantitative estimate of drug-likeness (QED) is 0.311. The van der Waals surface area contributed by atoms with E-state index in [1.165, 1.54) is 44.1 Å². The normalized spacial score (nSPS) is 22.1. The minimum Gasteiger partial charge on any atom is -0.179 e. The lowest BCUT2D eigenvalue weighted by Gasteiger charge is -2.11. The fraction of sp³-hybridized carbons (Fsp3) is 0.677. The molecule has 0 aromatic heterocycles. The van der Waals surface area contributed by atoms with E-state index in [1.807, 2.05) is 46.8 Å². The molecule has 0 aromatic rings. The third-order valence-electron chi connectivity index (χ3n) is 5.53. The van der Waals surface area contributed by atoms with Crippen molar-refractivity contribution in [3.63, 3.8) is 0 Å². The molecule has 2 unspecified atom stereocenters. The molecule has 3 rings (SSSR count). The van der Waals surface area contributed by atoms with Crippen molar-refractivity contribution in [2.45, 2.75) is 108 Å². The Labute approximate surface area is 209 Å². The lowest BCUT2D eigenvalue weighted by molar-refractivity contribution is 0.635. The van der Waals surface area contributed by atoms with Crippen molar-refractivity contribution in [3.05, 3.63) is 60.3 Å². The molecule has 3 aliphatic rings. The largest absolute Gasteiger partial charge is 0.179 e. The molecule has 0 radical (unpaired) electrons. The van der Waals surface area contributed by atoms with E-state index in [-0.39, 0.29) is 0 Å². The molecule has 0 spiro atoms. The van der Waals surface area contributed by atoms with Gasteiger partial charge in [-0.25, -0.2) is 0 Å². The molecule has 3 aliphatic carbocycles. The van der Waals surface area contributed by atoms with E-state index >= 15 is 0 Å². The second-order valence-electron chi connectivity index (χ2n) is 8.30. The highest BCUT2D eigenvalue weighted by Crippen LogP contribution is 2.57. The van der Waals surface area contributed by atoms with Crippen LogP contribution in [0, 0.1) is 23.7 Å². The van der Waals surface area contributed by atoms with Crippen molar-refractivity contribution in [2.24, 2.45) is 23.7 Å². The Balaban J connectivity index is -0.000000346. The zero-order valence-electron chi connectivity index (χ0n) is 23.5. The van der Waals surface area contributed by atoms with E-state index < -0.39 is 0 Å². The van der Waals surface area contributed by atoms with E-state index in [2.05, 4.69) is 78.1 Å². The molecule has 2 fully saturated rings. The Morgan fingerprint density at radius 3 is 1.94 bits per heavy atom. The zero-order valence-corrected chi connectivity index (χ0v) is 24.3. The van der Waals surface area contributed by atoms with Crippen LogP contribution in [0.2, 0.25) is 0 Å². The molecule has 0 bridgehead atoms. The van der Waals surface area contributed by atoms with E-state index in [4.69, 9.17) is 0 Å². The summed E-state index contributed by atoms with van der Waals surface area (Å²) in [6, 6.07) is 0. The van der Waals surface area contributed by atoms with Gasteiger partial charge in [0.1, 0.15) is 0 Å². The first kappa shape index (κ1) is 35.6. The third-order valence-corrected chi connectivity index (χ3v) is 5.95. The molecule has 0 saturated heterocycles. The highest BCUT2D eigenvalue weighted by molar-refractivity contribution is 7.80. The summed E-state index contributed by atoms with van der Waals surface area (Å²) in [4.78, 5) is 0. The highest BCUT2D eigenvalue weighted by atomic mass is 32.1. The monoisotopic (exact) mass is 462 g/mol. The molecule has 0 amide bonds. The molecular weight excluding hydrogens is 404 g/mol. The van der Waals surface area contributed by atoms with Gasteiger partial charge in [-0.1, -0.05) is 128 Å². The number of fused-ring (bicyclic) bond motifs is 1. The third kappa shape index (κ3) is 18.6. The minimum atomic E-state index is 0.745. The minimum absolute atomic E-state index is 0.745. The van der Waals surface area contributed by atoms with Gasteiger partial charge in [-0.3, -0.25) is 0 Å². The second kappa shape index (κ2) is 26.3. The van der Waals surface area contributed by atoms with Crippen molar-refractivity contribution in [1.82, 2.24) is 0 Å². The average Bonchev–Trinajstić information content (AvgIpc) is 3.30. The molecular formula is C31H58S. The number of thiol groups is 1. The zero-order chi connectivity index (χ0) is 25.4. The van der Waals surface area contributed by atoms with Crippen LogP contribution in [0.5, 0.6) is 0 Å². The molecule has 188 valence electrons. The predicted octanol–water partition coefficient (Wildman–Crippen LogP) is 11.0. The van der Waals surface area contributed by atoms with Gasteiger partial charge in [0.25, 0.3) is 0 Å². The summed E-state index contributed by atoms with van der Waals surface area (Å²) < 4.78 is 0. The summed E-state index contributed by atoms with van der Waals surface area (Å²) in [6.45, 7) is 24.4. The molecule has 0 aliphatic heterocycles. The molecule has 0 nitrogen and oxygen atoms in total. The van der Waals surface area contributed by atoms with Crippen LogP contribution in [0.4, 0.5) is 0 Å². The van der Waals surface area contributed by atoms with E-state index in [0.29, 0.717) is 0 Å². The number of rotatable bonds is 4. The van der Waals surface area contributed by atoms with Gasteiger partial charge in [0.2, 0.25) is 0 Å². The van der Waals surface area contributed by atoms with Crippen LogP contribution in [0.15, 0.2) is 60.3 Å². The van der Waals surface area contributed by atoms with Crippen molar-refractivity contribution in [1.29, 1.82) is 0 Å². The van der Waals surface area contributed by atoms with Crippen LogP contribution in [0.1, 0.15) is 108 Å². The summed E-state index contributed by atoms with van der Waals surface area (Å²) in [5, 5.41) is 0. The Morgan fingerprint density at radius 1 is 1.12 bits per heavy atom. The molecule has 0 aromatic carbocycles. The van der Waals surface area contributed by atoms with Crippen molar-refractivity contribution >= 4 is 12.6 Å². The smallest absolute Gasteiger partial charge is 0.00640 e. The molecule has 32 heavy (non-hydrogen) atoms. The van der Waals surface area contributed by atoms with Gasteiger partial charge in [-0.15, -0.1) is 0 Å². The second-order valence-corrected chi connectivity index (χ2v) is 8.67. The van der Waals surface area contributed by atoms with Crippen LogP contribution >= 0.6 is 12.6 Å². The van der Waals surface area contributed by atoms with Crippen LogP contribution in [-0.4, -0.2) is 5.75 Å². The van der Waals surface area contributed by atoms with Crippen molar-refractivity contribution in [2.75, 3.05) is 5.75 Å². The number of allylic oxidation sites excluding steroid dienone is 9.